The third-order valence-electron chi connectivity index (χ3n) is 1.64. The van der Waals surface area contributed by atoms with Crippen molar-refractivity contribution in [1.29, 1.82) is 0 Å². The summed E-state index contributed by atoms with van der Waals surface area (Å²) in [6, 6.07) is -0.173. The Morgan fingerprint density at radius 3 is 2.62 bits per heavy atom. The molecule has 3 nitrogen and oxygen atoms in total. The molecule has 0 saturated heterocycles. The zero-order chi connectivity index (χ0) is 12.6. The zero-order valence-electron chi connectivity index (χ0n) is 9.26. The van der Waals surface area contributed by atoms with Crippen LogP contribution in [0.3, 0.4) is 0 Å². The molecule has 0 spiro atoms. The van der Waals surface area contributed by atoms with Gasteiger partial charge in [0, 0.05) is 18.3 Å². The summed E-state index contributed by atoms with van der Waals surface area (Å²) < 4.78 is 40.0. The fourth-order valence-electron chi connectivity index (χ4n) is 1.01. The zero-order valence-corrected chi connectivity index (χ0v) is 10.1. The smallest absolute Gasteiger partial charge is 0.441 e. The summed E-state index contributed by atoms with van der Waals surface area (Å²) >= 11 is -0.0740. The number of thioether (sulfide) groups is 1. The van der Waals surface area contributed by atoms with Gasteiger partial charge in [-0.25, -0.2) is 0 Å². The maximum atomic E-state index is 11.8. The Morgan fingerprint density at radius 1 is 1.50 bits per heavy atom. The summed E-state index contributed by atoms with van der Waals surface area (Å²) in [6.45, 7) is 3.96. The van der Waals surface area contributed by atoms with Gasteiger partial charge in [-0.1, -0.05) is 0 Å². The second-order valence-corrected chi connectivity index (χ2v) is 4.32. The minimum atomic E-state index is -4.19. The van der Waals surface area contributed by atoms with Crippen LogP contribution in [0, 0.1) is 0 Å². The fourth-order valence-corrected chi connectivity index (χ4v) is 1.47. The standard InChI is InChI=1S/C9H16F3NO2S/c1-3-15-8(14)6-7(2)13-4-5-16-9(10,11)12/h7,13H,3-6H2,1-2H3. The lowest BCUT2D eigenvalue weighted by molar-refractivity contribution is -0.143. The van der Waals surface area contributed by atoms with Crippen LogP contribution in [0.4, 0.5) is 13.2 Å². The van der Waals surface area contributed by atoms with E-state index >= 15 is 0 Å². The van der Waals surface area contributed by atoms with Gasteiger partial charge in [0.1, 0.15) is 0 Å². The van der Waals surface area contributed by atoms with Gasteiger partial charge in [0.15, 0.2) is 0 Å². The number of ether oxygens (including phenoxy) is 1. The van der Waals surface area contributed by atoms with Gasteiger partial charge in [-0.2, -0.15) is 13.2 Å². The predicted molar refractivity (Wildman–Crippen MR) is 57.2 cm³/mol. The molecule has 0 amide bonds. The highest BCUT2D eigenvalue weighted by atomic mass is 32.2. The van der Waals surface area contributed by atoms with E-state index in [1.165, 1.54) is 0 Å². The highest BCUT2D eigenvalue weighted by Gasteiger charge is 2.27. The second-order valence-electron chi connectivity index (χ2n) is 3.16. The molecule has 0 radical (unpaired) electrons. The monoisotopic (exact) mass is 259 g/mol. The number of hydrogen-bond acceptors (Lipinski definition) is 4. The Labute approximate surface area is 97.1 Å². The van der Waals surface area contributed by atoms with Gasteiger partial charge in [0.05, 0.1) is 13.0 Å². The van der Waals surface area contributed by atoms with Crippen molar-refractivity contribution in [1.82, 2.24) is 5.32 Å². The largest absolute Gasteiger partial charge is 0.466 e. The summed E-state index contributed by atoms with van der Waals surface area (Å²) in [5, 5.41) is 2.82. The quantitative estimate of drug-likeness (QED) is 0.562. The lowest BCUT2D eigenvalue weighted by Gasteiger charge is -2.13. The van der Waals surface area contributed by atoms with Crippen LogP contribution in [-0.4, -0.2) is 36.4 Å². The van der Waals surface area contributed by atoms with Gasteiger partial charge < -0.3 is 10.1 Å². The summed E-state index contributed by atoms with van der Waals surface area (Å²) in [5.74, 6) is -0.401. The number of esters is 1. The molecule has 1 atom stereocenters. The van der Waals surface area contributed by atoms with Crippen LogP contribution < -0.4 is 5.32 Å². The van der Waals surface area contributed by atoms with Gasteiger partial charge in [-0.05, 0) is 25.6 Å². The number of hydrogen-bond donors (Lipinski definition) is 1. The molecule has 0 aromatic carbocycles. The molecule has 0 rings (SSSR count). The maximum Gasteiger partial charge on any atom is 0.441 e. The molecule has 0 aliphatic carbocycles. The number of halogens is 3. The second kappa shape index (κ2) is 7.78. The van der Waals surface area contributed by atoms with Gasteiger partial charge >= 0.3 is 11.5 Å². The van der Waals surface area contributed by atoms with Crippen LogP contribution in [0.2, 0.25) is 0 Å². The van der Waals surface area contributed by atoms with Crippen molar-refractivity contribution in [2.75, 3.05) is 18.9 Å². The maximum absolute atomic E-state index is 11.8. The molecule has 0 aliphatic heterocycles. The molecule has 0 saturated carbocycles. The van der Waals surface area contributed by atoms with Gasteiger partial charge in [0.2, 0.25) is 0 Å². The first-order chi connectivity index (χ1) is 7.35. The van der Waals surface area contributed by atoms with E-state index in [0.29, 0.717) is 6.61 Å². The van der Waals surface area contributed by atoms with Gasteiger partial charge in [-0.3, -0.25) is 4.79 Å². The molecular weight excluding hydrogens is 243 g/mol. The van der Waals surface area contributed by atoms with Crippen molar-refractivity contribution in [2.45, 2.75) is 31.8 Å². The molecule has 0 heterocycles. The number of nitrogens with one attached hydrogen (secondary N) is 1. The summed E-state index contributed by atoms with van der Waals surface area (Å²) in [4.78, 5) is 11.0. The Hall–Kier alpha value is -0.430. The van der Waals surface area contributed by atoms with Crippen molar-refractivity contribution in [3.8, 4) is 0 Å². The fraction of sp³-hybridized carbons (Fsp3) is 0.889. The Morgan fingerprint density at radius 2 is 2.12 bits per heavy atom. The first-order valence-corrected chi connectivity index (χ1v) is 5.93. The average molecular weight is 259 g/mol. The summed E-state index contributed by atoms with van der Waals surface area (Å²) in [6.07, 6.45) is 0.171. The molecule has 16 heavy (non-hydrogen) atoms. The Bertz CT molecular complexity index is 211. The third-order valence-corrected chi connectivity index (χ3v) is 2.37. The molecular formula is C9H16F3NO2S. The normalized spacial score (nSPS) is 13.6. The SMILES string of the molecule is CCOC(=O)CC(C)NCCSC(F)(F)F. The van der Waals surface area contributed by atoms with Crippen molar-refractivity contribution in [3.63, 3.8) is 0 Å². The predicted octanol–water partition coefficient (Wildman–Crippen LogP) is 2.17. The summed E-state index contributed by atoms with van der Waals surface area (Å²) in [5.41, 5.74) is -4.19. The number of carbonyl (C=O) groups is 1. The Kier molecular flexibility index (Phi) is 7.57. The lowest BCUT2D eigenvalue weighted by Crippen LogP contribution is -2.31. The molecule has 0 aromatic heterocycles. The minimum absolute atomic E-state index is 0.0589. The third kappa shape index (κ3) is 10.1. The van der Waals surface area contributed by atoms with E-state index in [2.05, 4.69) is 5.32 Å². The molecule has 0 aliphatic rings. The topological polar surface area (TPSA) is 38.3 Å². The van der Waals surface area contributed by atoms with E-state index < -0.39 is 5.51 Å². The lowest BCUT2D eigenvalue weighted by atomic mass is 10.2. The van der Waals surface area contributed by atoms with Crippen LogP contribution in [0.15, 0.2) is 0 Å². The molecule has 1 unspecified atom stereocenters. The molecule has 0 bridgehead atoms. The van der Waals surface area contributed by atoms with Crippen LogP contribution in [0.5, 0.6) is 0 Å². The number of carbonyl (C=O) groups excluding carboxylic acids is 1. The first kappa shape index (κ1) is 15.6. The van der Waals surface area contributed by atoms with E-state index in [4.69, 9.17) is 4.74 Å². The van der Waals surface area contributed by atoms with E-state index in [1.807, 2.05) is 0 Å². The average Bonchev–Trinajstić information content (AvgIpc) is 2.11. The van der Waals surface area contributed by atoms with E-state index in [1.54, 1.807) is 13.8 Å². The number of alkyl halides is 3. The van der Waals surface area contributed by atoms with Gasteiger partial charge in [0.25, 0.3) is 0 Å². The van der Waals surface area contributed by atoms with Crippen molar-refractivity contribution < 1.29 is 22.7 Å². The molecule has 0 aromatic rings. The molecule has 96 valence electrons. The van der Waals surface area contributed by atoms with Gasteiger partial charge in [-0.15, -0.1) is 0 Å². The van der Waals surface area contributed by atoms with Crippen LogP contribution in [-0.2, 0) is 9.53 Å². The van der Waals surface area contributed by atoms with E-state index in [0.717, 1.165) is 0 Å². The molecule has 1 N–H and O–H groups in total. The Balaban J connectivity index is 3.51. The van der Waals surface area contributed by atoms with Crippen molar-refractivity contribution in [2.24, 2.45) is 0 Å². The van der Waals surface area contributed by atoms with Crippen LogP contribution in [0.25, 0.3) is 0 Å². The van der Waals surface area contributed by atoms with Crippen LogP contribution >= 0.6 is 11.8 Å². The van der Waals surface area contributed by atoms with E-state index in [-0.39, 0.29) is 42.5 Å². The number of rotatable bonds is 7. The summed E-state index contributed by atoms with van der Waals surface area (Å²) in [7, 11) is 0. The van der Waals surface area contributed by atoms with E-state index in [9.17, 15) is 18.0 Å². The van der Waals surface area contributed by atoms with Crippen molar-refractivity contribution >= 4 is 17.7 Å². The highest BCUT2D eigenvalue weighted by Crippen LogP contribution is 2.29. The van der Waals surface area contributed by atoms with Crippen molar-refractivity contribution in [3.05, 3.63) is 0 Å². The minimum Gasteiger partial charge on any atom is -0.466 e. The van der Waals surface area contributed by atoms with Crippen LogP contribution in [0.1, 0.15) is 20.3 Å². The highest BCUT2D eigenvalue weighted by molar-refractivity contribution is 8.00. The molecule has 0 fully saturated rings. The molecule has 7 heteroatoms. The first-order valence-electron chi connectivity index (χ1n) is 4.95.